The van der Waals surface area contributed by atoms with Crippen LogP contribution in [0.25, 0.3) is 10.9 Å². The summed E-state index contributed by atoms with van der Waals surface area (Å²) < 4.78 is 5.55. The number of H-pyrrole nitrogens is 1. The van der Waals surface area contributed by atoms with Crippen LogP contribution >= 0.6 is 0 Å². The van der Waals surface area contributed by atoms with E-state index in [1.807, 2.05) is 31.2 Å². The molecule has 122 valence electrons. The Labute approximate surface area is 138 Å². The van der Waals surface area contributed by atoms with Gasteiger partial charge in [0.15, 0.2) is 6.61 Å². The van der Waals surface area contributed by atoms with Crippen molar-refractivity contribution in [2.24, 2.45) is 0 Å². The zero-order valence-electron chi connectivity index (χ0n) is 13.3. The number of hydrogen-bond donors (Lipinski definition) is 1. The maximum atomic E-state index is 12.6. The fraction of sp³-hybridized carbons (Fsp3) is 0.167. The van der Waals surface area contributed by atoms with Crippen LogP contribution in [0.15, 0.2) is 42.5 Å². The number of benzene rings is 2. The number of ketones is 1. The van der Waals surface area contributed by atoms with E-state index in [0.29, 0.717) is 16.9 Å². The lowest BCUT2D eigenvalue weighted by Gasteiger charge is -2.08. The molecule has 0 amide bonds. The van der Waals surface area contributed by atoms with Gasteiger partial charge in [-0.25, -0.2) is 0 Å². The largest absolute Gasteiger partial charge is 0.485 e. The SMILES string of the molecule is Cc1[nH]c2ccccc2c1C(=O)COc1cccc([N+](=O)[O-])c1C. The highest BCUT2D eigenvalue weighted by atomic mass is 16.6. The molecule has 3 rings (SSSR count). The van der Waals surface area contributed by atoms with Crippen molar-refractivity contribution < 1.29 is 14.5 Å². The van der Waals surface area contributed by atoms with Crippen molar-refractivity contribution in [1.29, 1.82) is 0 Å². The number of ether oxygens (including phenoxy) is 1. The lowest BCUT2D eigenvalue weighted by atomic mass is 10.1. The molecule has 0 bridgehead atoms. The highest BCUT2D eigenvalue weighted by Gasteiger charge is 2.18. The van der Waals surface area contributed by atoms with Gasteiger partial charge in [0.2, 0.25) is 5.78 Å². The normalized spacial score (nSPS) is 10.8. The van der Waals surface area contributed by atoms with E-state index < -0.39 is 4.92 Å². The second kappa shape index (κ2) is 6.16. The van der Waals surface area contributed by atoms with Crippen LogP contribution < -0.4 is 4.74 Å². The number of nitro groups is 1. The van der Waals surface area contributed by atoms with Crippen LogP contribution in [0.1, 0.15) is 21.6 Å². The van der Waals surface area contributed by atoms with Crippen molar-refractivity contribution in [3.8, 4) is 5.75 Å². The Morgan fingerprint density at radius 3 is 2.67 bits per heavy atom. The lowest BCUT2D eigenvalue weighted by Crippen LogP contribution is -2.13. The zero-order valence-corrected chi connectivity index (χ0v) is 13.3. The standard InChI is InChI=1S/C18H16N2O4/c1-11-15(20(22)23)8-5-9-17(11)24-10-16(21)18-12(2)19-14-7-4-3-6-13(14)18/h3-9,19H,10H2,1-2H3. The third-order valence-electron chi connectivity index (χ3n) is 3.98. The van der Waals surface area contributed by atoms with Crippen molar-refractivity contribution in [3.63, 3.8) is 0 Å². The molecule has 1 N–H and O–H groups in total. The molecule has 0 aliphatic carbocycles. The molecule has 0 unspecified atom stereocenters. The minimum atomic E-state index is -0.464. The second-order valence-corrected chi connectivity index (χ2v) is 5.54. The van der Waals surface area contributed by atoms with Gasteiger partial charge in [-0.2, -0.15) is 0 Å². The molecule has 2 aromatic carbocycles. The summed E-state index contributed by atoms with van der Waals surface area (Å²) in [7, 11) is 0. The van der Waals surface area contributed by atoms with E-state index >= 15 is 0 Å². The molecule has 6 nitrogen and oxygen atoms in total. The summed E-state index contributed by atoms with van der Waals surface area (Å²) in [6, 6.07) is 12.1. The van der Waals surface area contributed by atoms with Crippen LogP contribution in [-0.2, 0) is 0 Å². The Kier molecular flexibility index (Phi) is 4.04. The van der Waals surface area contributed by atoms with Crippen molar-refractivity contribution in [2.45, 2.75) is 13.8 Å². The van der Waals surface area contributed by atoms with Gasteiger partial charge < -0.3 is 9.72 Å². The van der Waals surface area contributed by atoms with Crippen LogP contribution in [0.2, 0.25) is 0 Å². The molecule has 0 atom stereocenters. The Hall–Kier alpha value is -3.15. The molecule has 0 saturated carbocycles. The molecule has 3 aromatic rings. The summed E-state index contributed by atoms with van der Waals surface area (Å²) in [4.78, 5) is 26.2. The van der Waals surface area contributed by atoms with E-state index in [9.17, 15) is 14.9 Å². The van der Waals surface area contributed by atoms with Gasteiger partial charge in [-0.1, -0.05) is 24.3 Å². The van der Waals surface area contributed by atoms with Gasteiger partial charge in [-0.05, 0) is 26.0 Å². The number of nitrogens with one attached hydrogen (secondary N) is 1. The molecule has 0 radical (unpaired) electrons. The molecular formula is C18H16N2O4. The summed E-state index contributed by atoms with van der Waals surface area (Å²) >= 11 is 0. The first-order chi connectivity index (χ1) is 11.5. The van der Waals surface area contributed by atoms with Crippen molar-refractivity contribution in [1.82, 2.24) is 4.98 Å². The summed E-state index contributed by atoms with van der Waals surface area (Å²) in [6.45, 7) is 3.27. The number of carbonyl (C=O) groups excluding carboxylic acids is 1. The van der Waals surface area contributed by atoms with Gasteiger partial charge in [0, 0.05) is 28.2 Å². The first-order valence-corrected chi connectivity index (χ1v) is 7.46. The van der Waals surface area contributed by atoms with Crippen molar-refractivity contribution >= 4 is 22.4 Å². The average molecular weight is 324 g/mol. The van der Waals surface area contributed by atoms with Crippen LogP contribution in [0.4, 0.5) is 5.69 Å². The molecule has 1 heterocycles. The minimum absolute atomic E-state index is 0.0248. The molecular weight excluding hydrogens is 308 g/mol. The third-order valence-corrected chi connectivity index (χ3v) is 3.98. The summed E-state index contributed by atoms with van der Waals surface area (Å²) in [5.74, 6) is 0.172. The fourth-order valence-corrected chi connectivity index (χ4v) is 2.81. The van der Waals surface area contributed by atoms with Crippen LogP contribution in [-0.4, -0.2) is 22.3 Å². The summed E-state index contributed by atoms with van der Waals surface area (Å²) in [6.07, 6.45) is 0. The molecule has 6 heteroatoms. The maximum Gasteiger partial charge on any atom is 0.276 e. The van der Waals surface area contributed by atoms with Crippen LogP contribution in [0.3, 0.4) is 0 Å². The number of Topliss-reactive ketones (excluding diaryl/α,β-unsaturated/α-hetero) is 1. The predicted octanol–water partition coefficient (Wildman–Crippen LogP) is 3.95. The number of aromatic nitrogens is 1. The molecule has 0 aliphatic heterocycles. The smallest absolute Gasteiger partial charge is 0.276 e. The predicted molar refractivity (Wildman–Crippen MR) is 90.7 cm³/mol. The van der Waals surface area contributed by atoms with E-state index in [1.54, 1.807) is 19.1 Å². The van der Waals surface area contributed by atoms with Gasteiger partial charge in [0.25, 0.3) is 5.69 Å². The topological polar surface area (TPSA) is 85.2 Å². The molecule has 0 fully saturated rings. The number of nitrogens with zero attached hydrogens (tertiary/aromatic N) is 1. The number of carbonyl (C=O) groups is 1. The van der Waals surface area contributed by atoms with Gasteiger partial charge in [-0.3, -0.25) is 14.9 Å². The first-order valence-electron chi connectivity index (χ1n) is 7.46. The third kappa shape index (κ3) is 2.74. The number of aryl methyl sites for hydroxylation is 1. The molecule has 0 saturated heterocycles. The van der Waals surface area contributed by atoms with Gasteiger partial charge >= 0.3 is 0 Å². The molecule has 0 aliphatic rings. The van der Waals surface area contributed by atoms with Gasteiger partial charge in [-0.15, -0.1) is 0 Å². The van der Waals surface area contributed by atoms with Gasteiger partial charge in [0.1, 0.15) is 5.75 Å². The monoisotopic (exact) mass is 324 g/mol. The van der Waals surface area contributed by atoms with Crippen LogP contribution in [0, 0.1) is 24.0 Å². The van der Waals surface area contributed by atoms with E-state index in [-0.39, 0.29) is 18.1 Å². The summed E-state index contributed by atoms with van der Waals surface area (Å²) in [5.41, 5.74) is 2.65. The Balaban J connectivity index is 1.85. The number of nitro benzene ring substituents is 1. The lowest BCUT2D eigenvalue weighted by molar-refractivity contribution is -0.385. The van der Waals surface area contributed by atoms with Crippen LogP contribution in [0.5, 0.6) is 5.75 Å². The summed E-state index contributed by atoms with van der Waals surface area (Å²) in [5, 5.41) is 11.8. The Morgan fingerprint density at radius 2 is 1.92 bits per heavy atom. The number of para-hydroxylation sites is 1. The van der Waals surface area contributed by atoms with E-state index in [1.165, 1.54) is 6.07 Å². The second-order valence-electron chi connectivity index (χ2n) is 5.54. The Morgan fingerprint density at radius 1 is 1.17 bits per heavy atom. The first kappa shape index (κ1) is 15.7. The van der Waals surface area contributed by atoms with Gasteiger partial charge in [0.05, 0.1) is 10.5 Å². The molecule has 1 aromatic heterocycles. The average Bonchev–Trinajstić information content (AvgIpc) is 2.89. The number of hydrogen-bond acceptors (Lipinski definition) is 4. The Bertz CT molecular complexity index is 943. The molecule has 0 spiro atoms. The quantitative estimate of drug-likeness (QED) is 0.437. The van der Waals surface area contributed by atoms with E-state index in [4.69, 9.17) is 4.74 Å². The fourth-order valence-electron chi connectivity index (χ4n) is 2.81. The highest BCUT2D eigenvalue weighted by Crippen LogP contribution is 2.28. The number of rotatable bonds is 5. The maximum absolute atomic E-state index is 12.6. The van der Waals surface area contributed by atoms with Crippen molar-refractivity contribution in [3.05, 3.63) is 69.4 Å². The van der Waals surface area contributed by atoms with E-state index in [2.05, 4.69) is 4.98 Å². The number of aromatic amines is 1. The minimum Gasteiger partial charge on any atom is -0.485 e. The van der Waals surface area contributed by atoms with E-state index in [0.717, 1.165) is 16.6 Å². The molecule has 24 heavy (non-hydrogen) atoms. The number of fused-ring (bicyclic) bond motifs is 1. The van der Waals surface area contributed by atoms with Crippen molar-refractivity contribution in [2.75, 3.05) is 6.61 Å². The zero-order chi connectivity index (χ0) is 17.3. The highest BCUT2D eigenvalue weighted by molar-refractivity contribution is 6.09.